The summed E-state index contributed by atoms with van der Waals surface area (Å²) in [6.07, 6.45) is 1.41. The molecule has 1 rings (SSSR count). The van der Waals surface area contributed by atoms with E-state index in [0.717, 1.165) is 5.56 Å². The average Bonchev–Trinajstić information content (AvgIpc) is 2.18. The van der Waals surface area contributed by atoms with Crippen LogP contribution in [-0.4, -0.2) is 15.0 Å². The Labute approximate surface area is 94.5 Å². The highest BCUT2D eigenvalue weighted by molar-refractivity contribution is 7.86. The average molecular weight is 247 g/mol. The van der Waals surface area contributed by atoms with Crippen molar-refractivity contribution in [2.75, 3.05) is 6.61 Å². The number of benzene rings is 1. The molecule has 82 valence electrons. The maximum absolute atomic E-state index is 11.5. The van der Waals surface area contributed by atoms with Crippen LogP contribution in [0.15, 0.2) is 40.8 Å². The quantitative estimate of drug-likeness (QED) is 0.767. The van der Waals surface area contributed by atoms with Crippen molar-refractivity contribution in [1.82, 2.24) is 0 Å². The summed E-state index contributed by atoms with van der Waals surface area (Å²) < 4.78 is 27.7. The predicted molar refractivity (Wildman–Crippen MR) is 59.3 cm³/mol. The smallest absolute Gasteiger partial charge is 0.262 e. The minimum Gasteiger partial charge on any atom is -0.262 e. The zero-order valence-corrected chi connectivity index (χ0v) is 9.75. The van der Waals surface area contributed by atoms with E-state index in [4.69, 9.17) is 15.8 Å². The Morgan fingerprint density at radius 1 is 1.33 bits per heavy atom. The molecule has 0 aliphatic carbocycles. The highest BCUT2D eigenvalue weighted by Crippen LogP contribution is 2.12. The molecule has 5 heteroatoms. The summed E-state index contributed by atoms with van der Waals surface area (Å²) >= 11 is 5.24. The molecule has 0 fully saturated rings. The van der Waals surface area contributed by atoms with Crippen molar-refractivity contribution in [2.45, 2.75) is 11.8 Å². The third-order valence-electron chi connectivity index (χ3n) is 1.72. The lowest BCUT2D eigenvalue weighted by atomic mass is 10.2. The third kappa shape index (κ3) is 3.66. The van der Waals surface area contributed by atoms with Crippen molar-refractivity contribution >= 4 is 21.7 Å². The van der Waals surface area contributed by atoms with Crippen LogP contribution < -0.4 is 0 Å². The molecule has 0 amide bonds. The maximum atomic E-state index is 11.5. The van der Waals surface area contributed by atoms with Gasteiger partial charge in [0.05, 0.1) is 11.5 Å². The molecule has 0 radical (unpaired) electrons. The molecule has 0 aliphatic heterocycles. The van der Waals surface area contributed by atoms with E-state index < -0.39 is 10.1 Å². The molecule has 0 N–H and O–H groups in total. The van der Waals surface area contributed by atoms with Gasteiger partial charge in [0.2, 0.25) is 0 Å². The molecule has 0 saturated carbocycles. The summed E-state index contributed by atoms with van der Waals surface area (Å²) in [6.45, 7) is 1.83. The van der Waals surface area contributed by atoms with Crippen molar-refractivity contribution in [1.29, 1.82) is 0 Å². The maximum Gasteiger partial charge on any atom is 0.297 e. The second-order valence-electron chi connectivity index (χ2n) is 2.91. The Balaban J connectivity index is 2.82. The second kappa shape index (κ2) is 5.30. The summed E-state index contributed by atoms with van der Waals surface area (Å²) in [5.41, 5.74) is 2.21. The van der Waals surface area contributed by atoms with Gasteiger partial charge in [0.15, 0.2) is 0 Å². The lowest BCUT2D eigenvalue weighted by Crippen LogP contribution is -2.06. The zero-order chi connectivity index (χ0) is 11.3. The molecule has 0 atom stereocenters. The van der Waals surface area contributed by atoms with E-state index >= 15 is 0 Å². The van der Waals surface area contributed by atoms with Crippen LogP contribution in [0.5, 0.6) is 0 Å². The van der Waals surface area contributed by atoms with Gasteiger partial charge >= 0.3 is 0 Å². The van der Waals surface area contributed by atoms with Gasteiger partial charge in [-0.2, -0.15) is 8.42 Å². The fourth-order valence-electron chi connectivity index (χ4n) is 0.938. The Morgan fingerprint density at radius 3 is 2.47 bits per heavy atom. The largest absolute Gasteiger partial charge is 0.297 e. The van der Waals surface area contributed by atoms with Gasteiger partial charge in [-0.25, -0.2) is 0 Å². The van der Waals surface area contributed by atoms with Gasteiger partial charge in [-0.1, -0.05) is 29.3 Å². The van der Waals surface area contributed by atoms with Crippen LogP contribution >= 0.6 is 11.6 Å². The Bertz CT molecular complexity index is 434. The van der Waals surface area contributed by atoms with E-state index in [-0.39, 0.29) is 11.5 Å². The monoisotopic (exact) mass is 246 g/mol. The molecule has 15 heavy (non-hydrogen) atoms. The Kier molecular flexibility index (Phi) is 4.32. The summed E-state index contributed by atoms with van der Waals surface area (Å²) in [5.74, 6) is 0. The molecule has 1 aromatic rings. The van der Waals surface area contributed by atoms with Crippen LogP contribution in [-0.2, 0) is 14.3 Å². The van der Waals surface area contributed by atoms with E-state index in [1.165, 1.54) is 23.7 Å². The van der Waals surface area contributed by atoms with Crippen LogP contribution in [0.3, 0.4) is 0 Å². The molecule has 0 heterocycles. The number of rotatable bonds is 4. The third-order valence-corrected chi connectivity index (χ3v) is 3.19. The van der Waals surface area contributed by atoms with Crippen LogP contribution in [0.2, 0.25) is 0 Å². The van der Waals surface area contributed by atoms with E-state index in [9.17, 15) is 8.42 Å². The number of hydrogen-bond donors (Lipinski definition) is 0. The van der Waals surface area contributed by atoms with Crippen LogP contribution in [0, 0.1) is 6.92 Å². The number of hydrogen-bond acceptors (Lipinski definition) is 3. The molecular weight excluding hydrogens is 236 g/mol. The van der Waals surface area contributed by atoms with Crippen molar-refractivity contribution in [3.63, 3.8) is 0 Å². The molecule has 1 aromatic carbocycles. The molecular formula is C10H11ClO3S. The Hall–Kier alpha value is -0.840. The first-order valence-corrected chi connectivity index (χ1v) is 6.12. The van der Waals surface area contributed by atoms with E-state index in [0.29, 0.717) is 0 Å². The molecule has 0 spiro atoms. The fraction of sp³-hybridized carbons (Fsp3) is 0.200. The standard InChI is InChI=1S/C10H11ClO3S/c1-9-3-5-10(6-4-9)15(12,13)14-8-2-7-11/h2-7H,8H2,1H3/b7-2+. The molecule has 3 nitrogen and oxygen atoms in total. The Morgan fingerprint density at radius 2 is 1.93 bits per heavy atom. The minimum absolute atomic E-state index is 0.0558. The minimum atomic E-state index is -3.66. The summed E-state index contributed by atoms with van der Waals surface area (Å²) in [4.78, 5) is 0.149. The van der Waals surface area contributed by atoms with Crippen molar-refractivity contribution in [2.24, 2.45) is 0 Å². The van der Waals surface area contributed by atoms with Crippen LogP contribution in [0.4, 0.5) is 0 Å². The van der Waals surface area contributed by atoms with E-state index in [2.05, 4.69) is 0 Å². The van der Waals surface area contributed by atoms with Crippen molar-refractivity contribution in [3.05, 3.63) is 41.4 Å². The normalized spacial score (nSPS) is 12.1. The van der Waals surface area contributed by atoms with Crippen LogP contribution in [0.1, 0.15) is 5.56 Å². The fourth-order valence-corrected chi connectivity index (χ4v) is 1.87. The molecule has 0 saturated heterocycles. The van der Waals surface area contributed by atoms with Gasteiger partial charge in [0, 0.05) is 5.54 Å². The van der Waals surface area contributed by atoms with Gasteiger partial charge < -0.3 is 0 Å². The highest BCUT2D eigenvalue weighted by atomic mass is 35.5. The lowest BCUT2D eigenvalue weighted by Gasteiger charge is -2.03. The van der Waals surface area contributed by atoms with E-state index in [1.54, 1.807) is 12.1 Å². The second-order valence-corrected chi connectivity index (χ2v) is 4.78. The van der Waals surface area contributed by atoms with Crippen molar-refractivity contribution < 1.29 is 12.6 Å². The lowest BCUT2D eigenvalue weighted by molar-refractivity contribution is 0.357. The summed E-state index contributed by atoms with van der Waals surface area (Å²) in [6, 6.07) is 6.45. The molecule has 0 unspecified atom stereocenters. The zero-order valence-electron chi connectivity index (χ0n) is 8.18. The first-order chi connectivity index (χ1) is 7.06. The SMILES string of the molecule is Cc1ccc(S(=O)(=O)OC/C=C/Cl)cc1. The first kappa shape index (κ1) is 12.2. The van der Waals surface area contributed by atoms with Gasteiger partial charge in [0.25, 0.3) is 10.1 Å². The molecule has 0 aromatic heterocycles. The summed E-state index contributed by atoms with van der Waals surface area (Å²) in [7, 11) is -3.66. The van der Waals surface area contributed by atoms with Gasteiger partial charge in [-0.3, -0.25) is 4.18 Å². The van der Waals surface area contributed by atoms with Gasteiger partial charge in [-0.15, -0.1) is 0 Å². The van der Waals surface area contributed by atoms with Crippen LogP contribution in [0.25, 0.3) is 0 Å². The number of halogens is 1. The predicted octanol–water partition coefficient (Wildman–Crippen LogP) is 2.45. The van der Waals surface area contributed by atoms with E-state index in [1.807, 2.05) is 6.92 Å². The summed E-state index contributed by atoms with van der Waals surface area (Å²) in [5, 5.41) is 0. The van der Waals surface area contributed by atoms with Gasteiger partial charge in [0.1, 0.15) is 0 Å². The topological polar surface area (TPSA) is 43.4 Å². The first-order valence-electron chi connectivity index (χ1n) is 4.27. The highest BCUT2D eigenvalue weighted by Gasteiger charge is 2.13. The molecule has 0 aliphatic rings. The van der Waals surface area contributed by atoms with Crippen molar-refractivity contribution in [3.8, 4) is 0 Å². The van der Waals surface area contributed by atoms with Gasteiger partial charge in [-0.05, 0) is 25.1 Å². The molecule has 0 bridgehead atoms. The number of aryl methyl sites for hydroxylation is 1.